The van der Waals surface area contributed by atoms with Crippen LogP contribution in [-0.2, 0) is 24.0 Å². The van der Waals surface area contributed by atoms with Gasteiger partial charge in [0.15, 0.2) is 11.6 Å². The fourth-order valence-corrected chi connectivity index (χ4v) is 7.78. The van der Waals surface area contributed by atoms with E-state index < -0.39 is 69.3 Å². The predicted octanol–water partition coefficient (Wildman–Crippen LogP) is -0.570. The molecule has 19 heteroatoms. The van der Waals surface area contributed by atoms with Gasteiger partial charge in [-0.25, -0.2) is 19.6 Å². The van der Waals surface area contributed by atoms with Crippen LogP contribution < -0.4 is 33.2 Å². The van der Waals surface area contributed by atoms with Crippen molar-refractivity contribution < 1.29 is 34.2 Å². The number of carbonyl (C=O) groups is 5. The van der Waals surface area contributed by atoms with Gasteiger partial charge in [-0.05, 0) is 12.8 Å². The van der Waals surface area contributed by atoms with Crippen LogP contribution in [0.1, 0.15) is 55.0 Å². The van der Waals surface area contributed by atoms with Crippen molar-refractivity contribution in [2.24, 2.45) is 11.8 Å². The fraction of sp³-hybridized carbons (Fsp3) is 0.500. The average molecular weight is 667 g/mol. The monoisotopic (exact) mass is 666 g/mol. The number of carboxylic acids is 2. The Balaban J connectivity index is 2.01. The van der Waals surface area contributed by atoms with Crippen molar-refractivity contribution in [1.82, 2.24) is 30.6 Å². The number of ketones is 1. The van der Waals surface area contributed by atoms with Crippen LogP contribution in [-0.4, -0.2) is 83.3 Å². The molecule has 2 amide bonds. The zero-order chi connectivity index (χ0) is 33.4. The van der Waals surface area contributed by atoms with Gasteiger partial charge in [0.1, 0.15) is 17.9 Å². The van der Waals surface area contributed by atoms with Crippen LogP contribution in [0.5, 0.6) is 0 Å². The maximum atomic E-state index is 14.3. The molecule has 0 radical (unpaired) electrons. The molecule has 0 aromatic carbocycles. The second-order valence-electron chi connectivity index (χ2n) is 10.3. The van der Waals surface area contributed by atoms with Crippen LogP contribution in [0.15, 0.2) is 22.0 Å². The molecule has 1 aliphatic rings. The van der Waals surface area contributed by atoms with E-state index >= 15 is 0 Å². The molecular weight excluding hydrogens is 632 g/mol. The molecule has 10 N–H and O–H groups in total. The number of nitrogens with two attached hydrogens (primary N) is 2. The molecule has 1 fully saturated rings. The largest absolute Gasteiger partial charge is 0.480 e. The molecule has 0 aliphatic heterocycles. The van der Waals surface area contributed by atoms with Gasteiger partial charge in [-0.2, -0.15) is 0 Å². The van der Waals surface area contributed by atoms with Gasteiger partial charge < -0.3 is 42.3 Å². The second kappa shape index (κ2) is 15.6. The van der Waals surface area contributed by atoms with Gasteiger partial charge in [0.05, 0.1) is 21.9 Å². The van der Waals surface area contributed by atoms with E-state index in [2.05, 4.69) is 30.6 Å². The van der Waals surface area contributed by atoms with Crippen molar-refractivity contribution in [3.63, 3.8) is 0 Å². The summed E-state index contributed by atoms with van der Waals surface area (Å²) in [6.07, 6.45) is 3.81. The van der Waals surface area contributed by atoms with E-state index in [1.807, 2.05) is 0 Å². The Morgan fingerprint density at radius 3 is 1.51 bits per heavy atom. The molecule has 1 saturated carbocycles. The third kappa shape index (κ3) is 9.30. The first-order chi connectivity index (χ1) is 21.2. The van der Waals surface area contributed by atoms with E-state index in [9.17, 15) is 43.8 Å². The lowest BCUT2D eigenvalue weighted by atomic mass is 9.76. The topological polar surface area (TPSA) is 293 Å². The number of hydrogen-bond donors (Lipinski definition) is 8. The average Bonchev–Trinajstić information content (AvgIpc) is 2.96. The molecule has 1 aliphatic carbocycles. The number of carboxylic acid groups (broad SMARTS) is 2. The van der Waals surface area contributed by atoms with E-state index in [-0.39, 0.29) is 40.3 Å². The number of thioether (sulfide) groups is 2. The van der Waals surface area contributed by atoms with Crippen molar-refractivity contribution in [2.75, 3.05) is 23.0 Å². The lowest BCUT2D eigenvalue weighted by Crippen LogP contribution is -2.43. The van der Waals surface area contributed by atoms with Crippen LogP contribution in [0.25, 0.3) is 0 Å². The highest BCUT2D eigenvalue weighted by molar-refractivity contribution is 7.99. The van der Waals surface area contributed by atoms with Gasteiger partial charge in [-0.3, -0.25) is 24.0 Å². The summed E-state index contributed by atoms with van der Waals surface area (Å²) in [5.74, 6) is -6.57. The quantitative estimate of drug-likeness (QED) is 0.125. The summed E-state index contributed by atoms with van der Waals surface area (Å²) in [5.41, 5.74) is 10.7. The van der Waals surface area contributed by atoms with Crippen LogP contribution in [0.3, 0.4) is 0 Å². The van der Waals surface area contributed by atoms with Crippen molar-refractivity contribution in [3.05, 3.63) is 44.5 Å². The first-order valence-electron chi connectivity index (χ1n) is 13.7. The molecule has 3 rings (SSSR count). The second-order valence-corrected chi connectivity index (χ2v) is 12.7. The molecule has 6 unspecified atom stereocenters. The van der Waals surface area contributed by atoms with Crippen molar-refractivity contribution in [1.29, 1.82) is 0 Å². The van der Waals surface area contributed by atoms with Crippen LogP contribution >= 0.6 is 23.5 Å². The van der Waals surface area contributed by atoms with E-state index in [1.54, 1.807) is 0 Å². The van der Waals surface area contributed by atoms with Crippen molar-refractivity contribution in [2.45, 2.75) is 55.7 Å². The molecule has 6 atom stereocenters. The predicted molar refractivity (Wildman–Crippen MR) is 165 cm³/mol. The van der Waals surface area contributed by atoms with Gasteiger partial charge in [-0.15, -0.1) is 23.5 Å². The molecular formula is C26H34N8O9S2. The SMILES string of the molecule is CC(=O)NC(CSC(c1c[nH]c(=O)c(N)n1)C1CCCC(C(SCC(NC(C)=O)C(=O)O)c2c[nH]c(=O)c(N)n2)C1=O)C(=O)O. The molecule has 45 heavy (non-hydrogen) atoms. The maximum absolute atomic E-state index is 14.3. The number of rotatable bonds is 14. The maximum Gasteiger partial charge on any atom is 0.327 e. The Labute approximate surface area is 264 Å². The molecule has 2 heterocycles. The molecule has 244 valence electrons. The molecule has 2 aromatic heterocycles. The molecule has 0 bridgehead atoms. The number of carbonyl (C=O) groups excluding carboxylic acids is 3. The zero-order valence-electron chi connectivity index (χ0n) is 24.3. The van der Waals surface area contributed by atoms with Crippen LogP contribution in [0, 0.1) is 11.8 Å². The van der Waals surface area contributed by atoms with Gasteiger partial charge in [0.25, 0.3) is 11.1 Å². The van der Waals surface area contributed by atoms with Gasteiger partial charge in [0, 0.05) is 49.6 Å². The summed E-state index contributed by atoms with van der Waals surface area (Å²) in [6, 6.07) is -2.58. The number of aromatic nitrogens is 4. The Morgan fingerprint density at radius 1 is 0.822 bits per heavy atom. The Bertz CT molecular complexity index is 1450. The lowest BCUT2D eigenvalue weighted by molar-refractivity contribution is -0.141. The van der Waals surface area contributed by atoms with Crippen LogP contribution in [0.2, 0.25) is 0 Å². The standard InChI is InChI=1S/C26H34N8O9S2/c1-10(35)31-16(25(40)41)8-44-19(14-6-29-23(38)21(27)33-14)12-4-3-5-13(18(12)37)20(15-7-30-24(39)22(28)34-15)45-9-17(26(42)43)32-11(2)36/h6-7,12-13,16-17,19-20H,3-5,8-9H2,1-2H3,(H2,27,33)(H2,28,34)(H,29,38)(H,30,39)(H,31,35)(H,32,36)(H,40,41)(H,42,43). The third-order valence-electron chi connectivity index (χ3n) is 6.98. The summed E-state index contributed by atoms with van der Waals surface area (Å²) in [7, 11) is 0. The van der Waals surface area contributed by atoms with E-state index in [0.717, 1.165) is 23.5 Å². The normalized spacial score (nSPS) is 19.1. The number of anilines is 2. The number of H-pyrrole nitrogens is 2. The van der Waals surface area contributed by atoms with Crippen molar-refractivity contribution >= 4 is 64.7 Å². The molecule has 0 saturated heterocycles. The number of nitrogens with one attached hydrogen (secondary N) is 4. The Kier molecular flexibility index (Phi) is 12.1. The summed E-state index contributed by atoms with van der Waals surface area (Å²) < 4.78 is 0. The minimum atomic E-state index is -1.29. The number of nitrogens with zero attached hydrogens (tertiary/aromatic N) is 2. The highest BCUT2D eigenvalue weighted by atomic mass is 32.2. The summed E-state index contributed by atoms with van der Waals surface area (Å²) in [5, 5.41) is 22.4. The van der Waals surface area contributed by atoms with Gasteiger partial charge in [-0.1, -0.05) is 6.42 Å². The number of amides is 2. The van der Waals surface area contributed by atoms with E-state index in [0.29, 0.717) is 19.3 Å². The summed E-state index contributed by atoms with van der Waals surface area (Å²) >= 11 is 2.10. The number of aliphatic carboxylic acids is 2. The number of hydrogen-bond acceptors (Lipinski definition) is 13. The Hall–Kier alpha value is -4.39. The number of Topliss-reactive ketones (excluding diaryl/α,β-unsaturated/α-hetero) is 1. The Morgan fingerprint density at radius 2 is 1.20 bits per heavy atom. The zero-order valence-corrected chi connectivity index (χ0v) is 25.9. The number of nitrogen functional groups attached to an aromatic ring is 2. The fourth-order valence-electron chi connectivity index (χ4n) is 4.94. The smallest absolute Gasteiger partial charge is 0.327 e. The van der Waals surface area contributed by atoms with Gasteiger partial charge >= 0.3 is 11.9 Å². The molecule has 2 aromatic rings. The molecule has 17 nitrogen and oxygen atoms in total. The third-order valence-corrected chi connectivity index (χ3v) is 9.89. The van der Waals surface area contributed by atoms with E-state index in [1.165, 1.54) is 26.2 Å². The van der Waals surface area contributed by atoms with Crippen LogP contribution in [0.4, 0.5) is 11.6 Å². The lowest BCUT2D eigenvalue weighted by Gasteiger charge is -2.36. The molecule has 0 spiro atoms. The minimum absolute atomic E-state index is 0.151. The highest BCUT2D eigenvalue weighted by Crippen LogP contribution is 2.48. The van der Waals surface area contributed by atoms with Crippen molar-refractivity contribution in [3.8, 4) is 0 Å². The summed E-state index contributed by atoms with van der Waals surface area (Å²) in [4.78, 5) is 98.4. The minimum Gasteiger partial charge on any atom is -0.480 e. The first-order valence-corrected chi connectivity index (χ1v) is 15.8. The first kappa shape index (κ1) is 35.1. The highest BCUT2D eigenvalue weighted by Gasteiger charge is 2.43. The number of aromatic amines is 2. The van der Waals surface area contributed by atoms with E-state index in [4.69, 9.17) is 11.5 Å². The summed E-state index contributed by atoms with van der Waals surface area (Å²) in [6.45, 7) is 2.35. The van der Waals surface area contributed by atoms with Gasteiger partial charge in [0.2, 0.25) is 11.8 Å².